The number of rotatable bonds is 7. The summed E-state index contributed by atoms with van der Waals surface area (Å²) in [5.41, 5.74) is 1.34. The minimum absolute atomic E-state index is 0.0288. The van der Waals surface area contributed by atoms with Crippen LogP contribution in [-0.4, -0.2) is 44.6 Å². The van der Waals surface area contributed by atoms with Crippen molar-refractivity contribution in [2.75, 3.05) is 19.6 Å². The van der Waals surface area contributed by atoms with Gasteiger partial charge in [0.2, 0.25) is 9.84 Å². The predicted molar refractivity (Wildman–Crippen MR) is 111 cm³/mol. The number of hydrogen-bond acceptors (Lipinski definition) is 4. The Balaban J connectivity index is 1.70. The fourth-order valence-corrected chi connectivity index (χ4v) is 4.38. The molecular weight excluding hydrogens is 410 g/mol. The van der Waals surface area contributed by atoms with Gasteiger partial charge in [-0.25, -0.2) is 8.42 Å². The molecule has 0 radical (unpaired) electrons. The molecule has 0 bridgehead atoms. The molecule has 5 nitrogen and oxygen atoms in total. The number of nitrogens with zero attached hydrogens (tertiary/aromatic N) is 1. The van der Waals surface area contributed by atoms with Gasteiger partial charge in [-0.15, -0.1) is 0 Å². The molecule has 1 atom stereocenters. The molecule has 0 spiro atoms. The number of nitrogens with one attached hydrogen (secondary N) is 1. The summed E-state index contributed by atoms with van der Waals surface area (Å²) in [6.07, 6.45) is 2.22. The highest BCUT2D eigenvalue weighted by Gasteiger charge is 2.27. The number of amides is 1. The SMILES string of the molecule is CC1CCN(C(CNC(=O)c2ccc(S(=O)(=O)C(F)F)cc2)c2ccccc2)CC1. The van der Waals surface area contributed by atoms with E-state index in [0.717, 1.165) is 43.6 Å². The van der Waals surface area contributed by atoms with Crippen molar-refractivity contribution in [3.63, 3.8) is 0 Å². The van der Waals surface area contributed by atoms with Crippen molar-refractivity contribution in [3.05, 3.63) is 65.7 Å². The Labute approximate surface area is 176 Å². The van der Waals surface area contributed by atoms with Crippen LogP contribution in [0, 0.1) is 5.92 Å². The van der Waals surface area contributed by atoms with E-state index < -0.39 is 20.5 Å². The molecule has 2 aromatic carbocycles. The molecule has 1 heterocycles. The van der Waals surface area contributed by atoms with Crippen LogP contribution in [0.25, 0.3) is 0 Å². The first kappa shape index (κ1) is 22.4. The van der Waals surface area contributed by atoms with Crippen LogP contribution in [0.5, 0.6) is 0 Å². The zero-order chi connectivity index (χ0) is 21.7. The zero-order valence-corrected chi connectivity index (χ0v) is 17.6. The van der Waals surface area contributed by atoms with E-state index in [9.17, 15) is 22.0 Å². The van der Waals surface area contributed by atoms with Crippen molar-refractivity contribution in [1.29, 1.82) is 0 Å². The van der Waals surface area contributed by atoms with Crippen molar-refractivity contribution in [2.45, 2.75) is 36.5 Å². The molecule has 0 aromatic heterocycles. The largest absolute Gasteiger partial charge is 0.350 e. The van der Waals surface area contributed by atoms with Crippen molar-refractivity contribution in [3.8, 4) is 0 Å². The van der Waals surface area contributed by atoms with Gasteiger partial charge in [0.05, 0.1) is 10.9 Å². The van der Waals surface area contributed by atoms with E-state index in [-0.39, 0.29) is 17.5 Å². The second-order valence-electron chi connectivity index (χ2n) is 7.69. The summed E-state index contributed by atoms with van der Waals surface area (Å²) in [6.45, 7) is 4.55. The van der Waals surface area contributed by atoms with Crippen molar-refractivity contribution >= 4 is 15.7 Å². The van der Waals surface area contributed by atoms with Crippen molar-refractivity contribution < 1.29 is 22.0 Å². The Morgan fingerprint density at radius 2 is 1.67 bits per heavy atom. The van der Waals surface area contributed by atoms with E-state index in [1.54, 1.807) is 0 Å². The third-order valence-electron chi connectivity index (χ3n) is 5.58. The van der Waals surface area contributed by atoms with E-state index >= 15 is 0 Å². The topological polar surface area (TPSA) is 66.5 Å². The van der Waals surface area contributed by atoms with Gasteiger partial charge in [-0.3, -0.25) is 9.69 Å². The normalized spacial score (nSPS) is 17.1. The third-order valence-corrected chi connectivity index (χ3v) is 6.98. The maximum atomic E-state index is 12.7. The Bertz CT molecular complexity index is 942. The summed E-state index contributed by atoms with van der Waals surface area (Å²) in [4.78, 5) is 14.5. The molecule has 1 fully saturated rings. The fourth-order valence-electron chi connectivity index (χ4n) is 3.66. The maximum absolute atomic E-state index is 12.7. The molecule has 1 amide bonds. The second-order valence-corrected chi connectivity index (χ2v) is 9.60. The fraction of sp³-hybridized carbons (Fsp3) is 0.409. The van der Waals surface area contributed by atoms with E-state index in [0.29, 0.717) is 12.5 Å². The molecule has 2 aromatic rings. The van der Waals surface area contributed by atoms with Crippen molar-refractivity contribution in [2.24, 2.45) is 5.92 Å². The van der Waals surface area contributed by atoms with Gasteiger partial charge < -0.3 is 5.32 Å². The molecule has 8 heteroatoms. The third kappa shape index (κ3) is 5.23. The Morgan fingerprint density at radius 3 is 2.23 bits per heavy atom. The van der Waals surface area contributed by atoms with Gasteiger partial charge in [0.1, 0.15) is 0 Å². The monoisotopic (exact) mass is 436 g/mol. The van der Waals surface area contributed by atoms with Crippen LogP contribution in [0.3, 0.4) is 0 Å². The summed E-state index contributed by atoms with van der Waals surface area (Å²) in [5.74, 6) is -3.17. The van der Waals surface area contributed by atoms with Gasteiger partial charge in [-0.2, -0.15) is 8.78 Å². The zero-order valence-electron chi connectivity index (χ0n) is 16.8. The minimum Gasteiger partial charge on any atom is -0.350 e. The van der Waals surface area contributed by atoms with Crippen LogP contribution < -0.4 is 5.32 Å². The van der Waals surface area contributed by atoms with Gasteiger partial charge in [-0.1, -0.05) is 37.3 Å². The highest BCUT2D eigenvalue weighted by atomic mass is 32.2. The quantitative estimate of drug-likeness (QED) is 0.715. The summed E-state index contributed by atoms with van der Waals surface area (Å²) in [5, 5.41) is 2.91. The standard InChI is InChI=1S/C22H26F2N2O3S/c1-16-11-13-26(14-12-16)20(17-5-3-2-4-6-17)15-25-21(27)18-7-9-19(10-8-18)30(28,29)22(23)24/h2-10,16,20,22H,11-15H2,1H3,(H,25,27). The lowest BCUT2D eigenvalue weighted by atomic mass is 9.95. The highest BCUT2D eigenvalue weighted by molar-refractivity contribution is 7.91. The van der Waals surface area contributed by atoms with Gasteiger partial charge in [0.15, 0.2) is 0 Å². The van der Waals surface area contributed by atoms with E-state index in [1.807, 2.05) is 30.3 Å². The lowest BCUT2D eigenvalue weighted by Crippen LogP contribution is -2.42. The molecule has 3 rings (SSSR count). The lowest BCUT2D eigenvalue weighted by Gasteiger charge is -2.37. The van der Waals surface area contributed by atoms with Crippen LogP contribution in [0.4, 0.5) is 8.78 Å². The maximum Gasteiger partial charge on any atom is 0.341 e. The smallest absolute Gasteiger partial charge is 0.341 e. The van der Waals surface area contributed by atoms with Crippen LogP contribution >= 0.6 is 0 Å². The Hall–Kier alpha value is -2.32. The van der Waals surface area contributed by atoms with Crippen LogP contribution in [0.15, 0.2) is 59.5 Å². The first-order valence-corrected chi connectivity index (χ1v) is 11.5. The number of piperidine rings is 1. The molecule has 30 heavy (non-hydrogen) atoms. The van der Waals surface area contributed by atoms with Gasteiger partial charge in [0.25, 0.3) is 5.91 Å². The lowest BCUT2D eigenvalue weighted by molar-refractivity contribution is 0.0913. The Kier molecular flexibility index (Phi) is 7.20. The predicted octanol–water partition coefficient (Wildman–Crippen LogP) is 3.89. The average Bonchev–Trinajstić information content (AvgIpc) is 2.75. The molecule has 0 saturated carbocycles. The number of likely N-dealkylation sites (tertiary alicyclic amines) is 1. The van der Waals surface area contributed by atoms with Crippen molar-refractivity contribution in [1.82, 2.24) is 10.2 Å². The van der Waals surface area contributed by atoms with E-state index in [2.05, 4.69) is 17.1 Å². The minimum atomic E-state index is -4.67. The summed E-state index contributed by atoms with van der Waals surface area (Å²) >= 11 is 0. The van der Waals surface area contributed by atoms with Crippen LogP contribution in [0.2, 0.25) is 0 Å². The number of alkyl halides is 2. The van der Waals surface area contributed by atoms with Crippen LogP contribution in [-0.2, 0) is 9.84 Å². The molecule has 0 aliphatic carbocycles. The number of benzene rings is 2. The molecule has 1 aliphatic rings. The summed E-state index contributed by atoms with van der Waals surface area (Å²) in [7, 11) is -4.67. The first-order valence-electron chi connectivity index (χ1n) is 9.98. The van der Waals surface area contributed by atoms with E-state index in [1.165, 1.54) is 12.1 Å². The summed E-state index contributed by atoms with van der Waals surface area (Å²) < 4.78 is 48.4. The van der Waals surface area contributed by atoms with Gasteiger partial charge >= 0.3 is 5.76 Å². The molecular formula is C22H26F2N2O3S. The Morgan fingerprint density at radius 1 is 1.07 bits per heavy atom. The highest BCUT2D eigenvalue weighted by Crippen LogP contribution is 2.26. The first-order chi connectivity index (χ1) is 14.3. The average molecular weight is 437 g/mol. The number of hydrogen-bond donors (Lipinski definition) is 1. The second kappa shape index (κ2) is 9.66. The molecule has 1 N–H and O–H groups in total. The number of halogens is 2. The molecule has 162 valence electrons. The molecule has 1 aliphatic heterocycles. The number of sulfone groups is 1. The number of carbonyl (C=O) groups is 1. The van der Waals surface area contributed by atoms with Gasteiger partial charge in [0, 0.05) is 12.1 Å². The number of carbonyl (C=O) groups excluding carboxylic acids is 1. The molecule has 1 unspecified atom stereocenters. The van der Waals surface area contributed by atoms with Gasteiger partial charge in [-0.05, 0) is 61.7 Å². The van der Waals surface area contributed by atoms with E-state index in [4.69, 9.17) is 0 Å². The van der Waals surface area contributed by atoms with Crippen LogP contribution in [0.1, 0.15) is 41.7 Å². The summed E-state index contributed by atoms with van der Waals surface area (Å²) in [6, 6.07) is 14.6. The molecule has 1 saturated heterocycles.